The standard InChI is InChI=1S/C9H16F3N/c1-8(2)6-13(3)5-4-7(8)9(10,11)12/h7H,4-6H2,1-3H3. The SMILES string of the molecule is CN1CCC(C(F)(F)F)C(C)(C)C1. The van der Waals surface area contributed by atoms with Gasteiger partial charge in [0.2, 0.25) is 0 Å². The van der Waals surface area contributed by atoms with Gasteiger partial charge in [0.05, 0.1) is 5.92 Å². The van der Waals surface area contributed by atoms with E-state index in [0.717, 1.165) is 0 Å². The van der Waals surface area contributed by atoms with E-state index in [2.05, 4.69) is 0 Å². The van der Waals surface area contributed by atoms with Gasteiger partial charge >= 0.3 is 6.18 Å². The van der Waals surface area contributed by atoms with Crippen LogP contribution in [-0.2, 0) is 0 Å². The largest absolute Gasteiger partial charge is 0.392 e. The maximum atomic E-state index is 12.5. The maximum absolute atomic E-state index is 12.5. The number of hydrogen-bond acceptors (Lipinski definition) is 1. The van der Waals surface area contributed by atoms with Gasteiger partial charge < -0.3 is 4.90 Å². The summed E-state index contributed by atoms with van der Waals surface area (Å²) < 4.78 is 37.6. The highest BCUT2D eigenvalue weighted by Crippen LogP contribution is 2.44. The Morgan fingerprint density at radius 3 is 2.23 bits per heavy atom. The zero-order valence-corrected chi connectivity index (χ0v) is 8.28. The highest BCUT2D eigenvalue weighted by atomic mass is 19.4. The number of rotatable bonds is 0. The van der Waals surface area contributed by atoms with E-state index in [1.807, 2.05) is 11.9 Å². The van der Waals surface area contributed by atoms with Gasteiger partial charge in [-0.05, 0) is 25.4 Å². The minimum Gasteiger partial charge on any atom is -0.306 e. The van der Waals surface area contributed by atoms with Gasteiger partial charge in [-0.3, -0.25) is 0 Å². The van der Waals surface area contributed by atoms with Crippen LogP contribution < -0.4 is 0 Å². The van der Waals surface area contributed by atoms with E-state index in [-0.39, 0.29) is 6.42 Å². The van der Waals surface area contributed by atoms with Crippen LogP contribution >= 0.6 is 0 Å². The molecule has 0 aromatic heterocycles. The molecule has 1 nitrogen and oxygen atoms in total. The smallest absolute Gasteiger partial charge is 0.306 e. The number of alkyl halides is 3. The summed E-state index contributed by atoms with van der Waals surface area (Å²) in [5.41, 5.74) is -0.648. The highest BCUT2D eigenvalue weighted by molar-refractivity contribution is 4.89. The van der Waals surface area contributed by atoms with Gasteiger partial charge in [-0.1, -0.05) is 13.8 Å². The second-order valence-corrected chi connectivity index (χ2v) is 4.61. The van der Waals surface area contributed by atoms with E-state index in [0.29, 0.717) is 13.1 Å². The molecule has 13 heavy (non-hydrogen) atoms. The zero-order valence-electron chi connectivity index (χ0n) is 8.28. The number of likely N-dealkylation sites (tertiary alicyclic amines) is 1. The fourth-order valence-electron chi connectivity index (χ4n) is 2.23. The van der Waals surface area contributed by atoms with Crippen molar-refractivity contribution >= 4 is 0 Å². The van der Waals surface area contributed by atoms with Crippen molar-refractivity contribution < 1.29 is 13.2 Å². The van der Waals surface area contributed by atoms with E-state index in [4.69, 9.17) is 0 Å². The van der Waals surface area contributed by atoms with Crippen LogP contribution in [0, 0.1) is 11.3 Å². The molecule has 4 heteroatoms. The van der Waals surface area contributed by atoms with Gasteiger partial charge in [0.1, 0.15) is 0 Å². The first-order valence-corrected chi connectivity index (χ1v) is 4.49. The Hall–Kier alpha value is -0.250. The molecular formula is C9H16F3N. The van der Waals surface area contributed by atoms with Crippen molar-refractivity contribution in [2.45, 2.75) is 26.4 Å². The van der Waals surface area contributed by atoms with Crippen LogP contribution in [0.25, 0.3) is 0 Å². The topological polar surface area (TPSA) is 3.24 Å². The molecule has 0 aromatic carbocycles. The number of halogens is 3. The zero-order chi connectivity index (χ0) is 10.3. The van der Waals surface area contributed by atoms with Gasteiger partial charge in [0.15, 0.2) is 0 Å². The molecule has 1 rings (SSSR count). The lowest BCUT2D eigenvalue weighted by atomic mass is 9.73. The summed E-state index contributed by atoms with van der Waals surface area (Å²) in [6.45, 7) is 4.46. The molecule has 0 aromatic rings. The summed E-state index contributed by atoms with van der Waals surface area (Å²) in [7, 11) is 1.87. The summed E-state index contributed by atoms with van der Waals surface area (Å²) in [5, 5.41) is 0. The molecule has 1 heterocycles. The van der Waals surface area contributed by atoms with Crippen LogP contribution in [0.2, 0.25) is 0 Å². The van der Waals surface area contributed by atoms with Crippen LogP contribution in [0.1, 0.15) is 20.3 Å². The lowest BCUT2D eigenvalue weighted by molar-refractivity contribution is -0.215. The summed E-state index contributed by atoms with van der Waals surface area (Å²) in [5.74, 6) is -1.14. The minimum atomic E-state index is -4.04. The predicted octanol–water partition coefficient (Wildman–Crippen LogP) is 2.53. The van der Waals surface area contributed by atoms with E-state index in [9.17, 15) is 13.2 Å². The first kappa shape index (κ1) is 10.8. The molecule has 0 amide bonds. The first-order chi connectivity index (χ1) is 5.73. The van der Waals surface area contributed by atoms with Crippen LogP contribution in [-0.4, -0.2) is 31.2 Å². The Kier molecular flexibility index (Phi) is 2.63. The molecule has 1 aliphatic rings. The fraction of sp³-hybridized carbons (Fsp3) is 1.00. The van der Waals surface area contributed by atoms with Crippen LogP contribution in [0.5, 0.6) is 0 Å². The van der Waals surface area contributed by atoms with Crippen molar-refractivity contribution in [3.63, 3.8) is 0 Å². The third-order valence-corrected chi connectivity index (χ3v) is 2.82. The quantitative estimate of drug-likeness (QED) is 0.574. The molecule has 1 fully saturated rings. The Labute approximate surface area is 76.9 Å². The summed E-state index contributed by atoms with van der Waals surface area (Å²) in [6, 6.07) is 0. The van der Waals surface area contributed by atoms with E-state index < -0.39 is 17.5 Å². The lowest BCUT2D eigenvalue weighted by Crippen LogP contribution is -2.49. The molecule has 78 valence electrons. The van der Waals surface area contributed by atoms with E-state index >= 15 is 0 Å². The Morgan fingerprint density at radius 2 is 1.85 bits per heavy atom. The summed E-state index contributed by atoms with van der Waals surface area (Å²) in [4.78, 5) is 1.96. The molecule has 1 saturated heterocycles. The average molecular weight is 195 g/mol. The first-order valence-electron chi connectivity index (χ1n) is 4.49. The van der Waals surface area contributed by atoms with Gasteiger partial charge in [-0.25, -0.2) is 0 Å². The normalized spacial score (nSPS) is 30.5. The van der Waals surface area contributed by atoms with E-state index in [1.54, 1.807) is 13.8 Å². The number of nitrogens with zero attached hydrogens (tertiary/aromatic N) is 1. The van der Waals surface area contributed by atoms with Gasteiger partial charge in [-0.15, -0.1) is 0 Å². The molecule has 1 unspecified atom stereocenters. The molecule has 1 aliphatic heterocycles. The molecule has 0 radical (unpaired) electrons. The number of piperidine rings is 1. The minimum absolute atomic E-state index is 0.229. The monoisotopic (exact) mass is 195 g/mol. The van der Waals surface area contributed by atoms with Gasteiger partial charge in [0, 0.05) is 6.54 Å². The molecule has 1 atom stereocenters. The Morgan fingerprint density at radius 1 is 1.31 bits per heavy atom. The fourth-order valence-corrected chi connectivity index (χ4v) is 2.23. The Bertz CT molecular complexity index is 186. The predicted molar refractivity (Wildman–Crippen MR) is 45.4 cm³/mol. The molecule has 0 N–H and O–H groups in total. The van der Waals surface area contributed by atoms with Crippen molar-refractivity contribution in [1.82, 2.24) is 4.90 Å². The van der Waals surface area contributed by atoms with Crippen LogP contribution in [0.15, 0.2) is 0 Å². The Balaban J connectivity index is 2.76. The van der Waals surface area contributed by atoms with Crippen molar-refractivity contribution in [1.29, 1.82) is 0 Å². The van der Waals surface area contributed by atoms with Gasteiger partial charge in [-0.2, -0.15) is 13.2 Å². The third kappa shape index (κ3) is 2.36. The second-order valence-electron chi connectivity index (χ2n) is 4.61. The van der Waals surface area contributed by atoms with Crippen LogP contribution in [0.3, 0.4) is 0 Å². The average Bonchev–Trinajstić information content (AvgIpc) is 1.79. The molecule has 0 spiro atoms. The summed E-state index contributed by atoms with van der Waals surface area (Å²) in [6.07, 6.45) is -3.81. The molecular weight excluding hydrogens is 179 g/mol. The molecule has 0 bridgehead atoms. The van der Waals surface area contributed by atoms with Crippen molar-refractivity contribution in [3.8, 4) is 0 Å². The third-order valence-electron chi connectivity index (χ3n) is 2.82. The highest BCUT2D eigenvalue weighted by Gasteiger charge is 2.50. The van der Waals surface area contributed by atoms with Gasteiger partial charge in [0.25, 0.3) is 0 Å². The van der Waals surface area contributed by atoms with Crippen LogP contribution in [0.4, 0.5) is 13.2 Å². The molecule has 0 saturated carbocycles. The maximum Gasteiger partial charge on any atom is 0.392 e. The van der Waals surface area contributed by atoms with Crippen molar-refractivity contribution in [2.75, 3.05) is 20.1 Å². The van der Waals surface area contributed by atoms with Crippen molar-refractivity contribution in [2.24, 2.45) is 11.3 Å². The van der Waals surface area contributed by atoms with E-state index in [1.165, 1.54) is 0 Å². The lowest BCUT2D eigenvalue weighted by Gasteiger charge is -2.43. The second kappa shape index (κ2) is 3.15. The van der Waals surface area contributed by atoms with Crippen molar-refractivity contribution in [3.05, 3.63) is 0 Å². The summed E-state index contributed by atoms with van der Waals surface area (Å²) >= 11 is 0. The molecule has 0 aliphatic carbocycles. The number of hydrogen-bond donors (Lipinski definition) is 0.